The highest BCUT2D eigenvalue weighted by atomic mass is 32.2. The summed E-state index contributed by atoms with van der Waals surface area (Å²) in [4.78, 5) is 29.8. The van der Waals surface area contributed by atoms with E-state index in [4.69, 9.17) is 4.52 Å². The van der Waals surface area contributed by atoms with Crippen LogP contribution in [0.4, 0.5) is 10.1 Å². The summed E-state index contributed by atoms with van der Waals surface area (Å²) in [5.74, 6) is 0.356. The lowest BCUT2D eigenvalue weighted by Gasteiger charge is -2.07. The number of thioether (sulfide) groups is 1. The number of nitrogens with zero attached hydrogens (tertiary/aromatic N) is 2. The third-order valence-corrected chi connectivity index (χ3v) is 5.50. The predicted molar refractivity (Wildman–Crippen MR) is 114 cm³/mol. The lowest BCUT2D eigenvalue weighted by Crippen LogP contribution is -2.12. The van der Waals surface area contributed by atoms with Crippen LogP contribution in [0.5, 0.6) is 0 Å². The number of benzene rings is 2. The molecule has 2 aromatic carbocycles. The number of amides is 1. The Labute approximate surface area is 175 Å². The van der Waals surface area contributed by atoms with Crippen molar-refractivity contribution in [1.29, 1.82) is 0 Å². The van der Waals surface area contributed by atoms with Crippen molar-refractivity contribution in [3.63, 3.8) is 0 Å². The average Bonchev–Trinajstić information content (AvgIpc) is 3.10. The first kappa shape index (κ1) is 19.9. The van der Waals surface area contributed by atoms with Gasteiger partial charge in [-0.05, 0) is 55.8 Å². The van der Waals surface area contributed by atoms with Gasteiger partial charge in [-0.25, -0.2) is 9.37 Å². The van der Waals surface area contributed by atoms with E-state index in [0.717, 1.165) is 4.90 Å². The molecule has 8 heteroatoms. The summed E-state index contributed by atoms with van der Waals surface area (Å²) in [5.41, 5.74) is 2.25. The molecule has 2 heterocycles. The fraction of sp³-hybridized carbons (Fsp3) is 0.136. The minimum Gasteiger partial charge on any atom is -0.375 e. The van der Waals surface area contributed by atoms with Crippen molar-refractivity contribution in [1.82, 2.24) is 9.56 Å². The van der Waals surface area contributed by atoms with Crippen LogP contribution in [0.3, 0.4) is 0 Å². The van der Waals surface area contributed by atoms with Gasteiger partial charge in [0.05, 0.1) is 5.69 Å². The summed E-state index contributed by atoms with van der Waals surface area (Å²) in [6, 6.07) is 14.8. The number of fused-ring (bicyclic) bond motifs is 1. The third kappa shape index (κ3) is 4.28. The van der Waals surface area contributed by atoms with Crippen LogP contribution in [0.1, 0.15) is 27.4 Å². The van der Waals surface area contributed by atoms with Gasteiger partial charge in [-0.3, -0.25) is 9.59 Å². The Morgan fingerprint density at radius 3 is 2.63 bits per heavy atom. The van der Waals surface area contributed by atoms with E-state index in [2.05, 4.69) is 10.3 Å². The molecular weight excluding hydrogens is 405 g/mol. The number of carbonyl (C=O) groups is 1. The SMILES string of the molecule is Cc1cc2nc(CSc3ccc(NC(=O)c4ccc(C)c(F)c4)cc3)cc(=O)n2o1. The molecular formula is C22H18FN3O3S. The zero-order valence-electron chi connectivity index (χ0n) is 16.3. The van der Waals surface area contributed by atoms with Crippen molar-refractivity contribution >= 4 is 29.0 Å². The van der Waals surface area contributed by atoms with E-state index in [1.54, 1.807) is 44.2 Å². The Bertz CT molecular complexity index is 1300. The van der Waals surface area contributed by atoms with Gasteiger partial charge in [0.2, 0.25) is 0 Å². The Hall–Kier alpha value is -3.39. The Morgan fingerprint density at radius 2 is 1.90 bits per heavy atom. The quantitative estimate of drug-likeness (QED) is 0.475. The second kappa shape index (κ2) is 8.16. The fourth-order valence-corrected chi connectivity index (χ4v) is 3.67. The summed E-state index contributed by atoms with van der Waals surface area (Å²) in [7, 11) is 0. The second-order valence-electron chi connectivity index (χ2n) is 6.82. The van der Waals surface area contributed by atoms with Crippen LogP contribution in [-0.2, 0) is 5.75 Å². The number of carbonyl (C=O) groups excluding carboxylic acids is 1. The van der Waals surface area contributed by atoms with Crippen molar-refractivity contribution < 1.29 is 13.7 Å². The van der Waals surface area contributed by atoms with E-state index in [1.807, 2.05) is 12.1 Å². The number of aromatic nitrogens is 2. The monoisotopic (exact) mass is 423 g/mol. The zero-order chi connectivity index (χ0) is 21.3. The second-order valence-corrected chi connectivity index (χ2v) is 7.86. The molecule has 4 rings (SSSR count). The third-order valence-electron chi connectivity index (χ3n) is 4.46. The van der Waals surface area contributed by atoms with E-state index in [9.17, 15) is 14.0 Å². The highest BCUT2D eigenvalue weighted by Gasteiger charge is 2.10. The summed E-state index contributed by atoms with van der Waals surface area (Å²) in [5, 5.41) is 2.75. The molecule has 0 fully saturated rings. The van der Waals surface area contributed by atoms with Gasteiger partial charge in [-0.1, -0.05) is 6.07 Å². The molecule has 0 aliphatic heterocycles. The topological polar surface area (TPSA) is 76.6 Å². The van der Waals surface area contributed by atoms with Crippen molar-refractivity contribution in [2.75, 3.05) is 5.32 Å². The van der Waals surface area contributed by atoms with Crippen LogP contribution in [0.15, 0.2) is 68.8 Å². The van der Waals surface area contributed by atoms with Gasteiger partial charge in [0.25, 0.3) is 11.5 Å². The van der Waals surface area contributed by atoms with Gasteiger partial charge in [-0.2, -0.15) is 0 Å². The van der Waals surface area contributed by atoms with Crippen molar-refractivity contribution in [2.24, 2.45) is 0 Å². The molecule has 0 unspecified atom stereocenters. The normalized spacial score (nSPS) is 11.0. The Kier molecular flexibility index (Phi) is 5.41. The van der Waals surface area contributed by atoms with Crippen LogP contribution < -0.4 is 10.9 Å². The molecule has 0 spiro atoms. The molecule has 4 aromatic rings. The lowest BCUT2D eigenvalue weighted by molar-refractivity contribution is 0.102. The van der Waals surface area contributed by atoms with Gasteiger partial charge in [-0.15, -0.1) is 16.3 Å². The van der Waals surface area contributed by atoms with Crippen molar-refractivity contribution in [2.45, 2.75) is 24.5 Å². The maximum atomic E-state index is 13.7. The summed E-state index contributed by atoms with van der Waals surface area (Å²) in [6.45, 7) is 3.41. The molecule has 0 aliphatic rings. The zero-order valence-corrected chi connectivity index (χ0v) is 17.1. The molecule has 30 heavy (non-hydrogen) atoms. The van der Waals surface area contributed by atoms with E-state index in [-0.39, 0.29) is 17.0 Å². The molecule has 6 nitrogen and oxygen atoms in total. The average molecular weight is 423 g/mol. The molecule has 0 bridgehead atoms. The molecule has 2 aromatic heterocycles. The number of hydrogen-bond acceptors (Lipinski definition) is 5. The molecule has 0 aliphatic carbocycles. The smallest absolute Gasteiger partial charge is 0.287 e. The van der Waals surface area contributed by atoms with Crippen LogP contribution in [0, 0.1) is 19.7 Å². The number of anilines is 1. The molecule has 0 saturated carbocycles. The van der Waals surface area contributed by atoms with Crippen molar-refractivity contribution in [3.8, 4) is 0 Å². The van der Waals surface area contributed by atoms with Gasteiger partial charge in [0.15, 0.2) is 5.65 Å². The lowest BCUT2D eigenvalue weighted by atomic mass is 10.1. The minimum absolute atomic E-state index is 0.255. The molecule has 152 valence electrons. The van der Waals surface area contributed by atoms with Gasteiger partial charge in [0, 0.05) is 34.0 Å². The summed E-state index contributed by atoms with van der Waals surface area (Å²) < 4.78 is 20.1. The van der Waals surface area contributed by atoms with Crippen LogP contribution in [0.25, 0.3) is 5.65 Å². The molecule has 0 atom stereocenters. The number of hydrogen-bond donors (Lipinski definition) is 1. The number of rotatable bonds is 5. The van der Waals surface area contributed by atoms with Crippen LogP contribution in [-0.4, -0.2) is 15.5 Å². The molecule has 1 amide bonds. The van der Waals surface area contributed by atoms with Crippen molar-refractivity contribution in [3.05, 3.63) is 93.3 Å². The number of aryl methyl sites for hydroxylation is 2. The maximum Gasteiger partial charge on any atom is 0.287 e. The maximum absolute atomic E-state index is 13.7. The van der Waals surface area contributed by atoms with E-state index in [0.29, 0.717) is 34.1 Å². The van der Waals surface area contributed by atoms with E-state index in [1.165, 1.54) is 28.5 Å². The van der Waals surface area contributed by atoms with E-state index < -0.39 is 5.82 Å². The minimum atomic E-state index is -0.411. The highest BCUT2D eigenvalue weighted by molar-refractivity contribution is 7.98. The summed E-state index contributed by atoms with van der Waals surface area (Å²) >= 11 is 1.52. The first-order chi connectivity index (χ1) is 14.4. The van der Waals surface area contributed by atoms with Crippen LogP contribution >= 0.6 is 11.8 Å². The number of halogens is 1. The first-order valence-electron chi connectivity index (χ1n) is 9.19. The molecule has 0 saturated heterocycles. The predicted octanol–water partition coefficient (Wildman–Crippen LogP) is 4.59. The highest BCUT2D eigenvalue weighted by Crippen LogP contribution is 2.24. The van der Waals surface area contributed by atoms with E-state index >= 15 is 0 Å². The van der Waals surface area contributed by atoms with Gasteiger partial charge >= 0.3 is 0 Å². The number of nitrogens with one attached hydrogen (secondary N) is 1. The van der Waals surface area contributed by atoms with Crippen LogP contribution in [0.2, 0.25) is 0 Å². The van der Waals surface area contributed by atoms with Gasteiger partial charge in [0.1, 0.15) is 11.6 Å². The molecule has 1 N–H and O–H groups in total. The standard InChI is InChI=1S/C22H18FN3O3S/c1-13-3-4-15(10-19(13)23)22(28)25-16-5-7-18(8-6-16)30-12-17-11-21(27)26-20(24-17)9-14(2)29-26/h3-11H,12H2,1-2H3,(H,25,28). The van der Waals surface area contributed by atoms with Gasteiger partial charge < -0.3 is 9.84 Å². The Morgan fingerprint density at radius 1 is 1.13 bits per heavy atom. The fourth-order valence-electron chi connectivity index (χ4n) is 2.88. The Balaban J connectivity index is 1.40. The largest absolute Gasteiger partial charge is 0.375 e. The summed E-state index contributed by atoms with van der Waals surface area (Å²) in [6.07, 6.45) is 0. The molecule has 0 radical (unpaired) electrons. The first-order valence-corrected chi connectivity index (χ1v) is 10.2.